The van der Waals surface area contributed by atoms with Gasteiger partial charge in [-0.05, 0) is 61.6 Å². The minimum atomic E-state index is -0.689. The van der Waals surface area contributed by atoms with Crippen LogP contribution in [0, 0.1) is 17.5 Å². The van der Waals surface area contributed by atoms with Crippen LogP contribution in [-0.4, -0.2) is 35.0 Å². The maximum Gasteiger partial charge on any atom is 0.266 e. The van der Waals surface area contributed by atoms with E-state index in [1.165, 1.54) is 13.3 Å². The molecule has 1 amide bonds. The molecule has 2 heterocycles. The number of rotatable bonds is 6. The van der Waals surface area contributed by atoms with Crippen LogP contribution in [0.5, 0.6) is 5.75 Å². The smallest absolute Gasteiger partial charge is 0.266 e. The number of methoxy groups -OCH3 is 1. The van der Waals surface area contributed by atoms with Crippen LogP contribution >= 0.6 is 22.9 Å². The Morgan fingerprint density at radius 2 is 1.84 bits per heavy atom. The van der Waals surface area contributed by atoms with Crippen molar-refractivity contribution in [2.45, 2.75) is 44.3 Å². The minimum absolute atomic E-state index is 0.00305. The van der Waals surface area contributed by atoms with E-state index in [4.69, 9.17) is 22.1 Å². The molecule has 198 valence electrons. The fourth-order valence-corrected chi connectivity index (χ4v) is 6.51. The number of fused-ring (bicyclic) bond motifs is 1. The van der Waals surface area contributed by atoms with Gasteiger partial charge in [-0.15, -0.1) is 11.3 Å². The number of hydrogen-bond donors (Lipinski definition) is 1. The van der Waals surface area contributed by atoms with Crippen molar-refractivity contribution in [3.63, 3.8) is 0 Å². The summed E-state index contributed by atoms with van der Waals surface area (Å²) in [7, 11) is 1.52. The highest BCUT2D eigenvalue weighted by Crippen LogP contribution is 2.40. The monoisotopic (exact) mass is 559 g/mol. The number of pyridine rings is 1. The maximum atomic E-state index is 14.6. The van der Waals surface area contributed by atoms with Gasteiger partial charge in [0.25, 0.3) is 5.91 Å². The minimum Gasteiger partial charge on any atom is -0.496 e. The summed E-state index contributed by atoms with van der Waals surface area (Å²) in [5.74, 6) is -1.72. The number of carbonyl (C=O) groups excluding carboxylic acids is 1. The highest BCUT2D eigenvalue weighted by Gasteiger charge is 2.32. The molecule has 0 aliphatic heterocycles. The summed E-state index contributed by atoms with van der Waals surface area (Å²) in [5.41, 5.74) is 7.74. The van der Waals surface area contributed by atoms with E-state index >= 15 is 0 Å². The van der Waals surface area contributed by atoms with Gasteiger partial charge in [-0.1, -0.05) is 17.7 Å². The van der Waals surface area contributed by atoms with Crippen molar-refractivity contribution in [2.75, 3.05) is 7.11 Å². The number of hydrogen-bond acceptors (Lipinski definition) is 5. The van der Waals surface area contributed by atoms with E-state index in [0.29, 0.717) is 35.3 Å². The van der Waals surface area contributed by atoms with Gasteiger partial charge in [0.15, 0.2) is 0 Å². The van der Waals surface area contributed by atoms with Gasteiger partial charge < -0.3 is 15.4 Å². The van der Waals surface area contributed by atoms with Gasteiger partial charge in [-0.3, -0.25) is 9.78 Å². The Morgan fingerprint density at radius 1 is 1.11 bits per heavy atom. The Hall–Kier alpha value is -3.14. The average Bonchev–Trinajstić information content (AvgIpc) is 3.28. The zero-order valence-corrected chi connectivity index (χ0v) is 22.1. The molecule has 10 heteroatoms. The number of benzene rings is 2. The lowest BCUT2D eigenvalue weighted by Crippen LogP contribution is -2.43. The Kier molecular flexibility index (Phi) is 7.61. The van der Waals surface area contributed by atoms with E-state index in [-0.39, 0.29) is 38.6 Å². The van der Waals surface area contributed by atoms with Crippen LogP contribution in [0.2, 0.25) is 5.02 Å². The molecular formula is C28H25ClF3N3O2S. The van der Waals surface area contributed by atoms with Crippen molar-refractivity contribution in [3.05, 3.63) is 81.7 Å². The molecule has 1 fully saturated rings. The first-order valence-corrected chi connectivity index (χ1v) is 13.4. The van der Waals surface area contributed by atoms with Gasteiger partial charge in [0.1, 0.15) is 28.1 Å². The summed E-state index contributed by atoms with van der Waals surface area (Å²) >= 11 is 7.32. The average molecular weight is 560 g/mol. The van der Waals surface area contributed by atoms with Crippen molar-refractivity contribution < 1.29 is 22.7 Å². The van der Waals surface area contributed by atoms with Gasteiger partial charge in [-0.2, -0.15) is 0 Å². The molecule has 0 unspecified atom stereocenters. The number of thiophene rings is 1. The summed E-state index contributed by atoms with van der Waals surface area (Å²) in [5, 5.41) is -0.206. The molecule has 1 aliphatic carbocycles. The second-order valence-electron chi connectivity index (χ2n) is 9.36. The summed E-state index contributed by atoms with van der Waals surface area (Å²) in [6.07, 6.45) is 5.44. The van der Waals surface area contributed by atoms with E-state index in [2.05, 4.69) is 4.98 Å². The molecule has 0 spiro atoms. The topological polar surface area (TPSA) is 68.5 Å². The van der Waals surface area contributed by atoms with Gasteiger partial charge in [0.05, 0.1) is 28.4 Å². The molecule has 0 saturated heterocycles. The first kappa shape index (κ1) is 26.5. The predicted octanol–water partition coefficient (Wildman–Crippen LogP) is 6.95. The molecule has 2 N–H and O–H groups in total. The summed E-state index contributed by atoms with van der Waals surface area (Å²) in [6.45, 7) is 0.123. The fraction of sp³-hybridized carbons (Fsp3) is 0.286. The fourth-order valence-electron chi connectivity index (χ4n) is 5.01. The number of halogens is 4. The summed E-state index contributed by atoms with van der Waals surface area (Å²) < 4.78 is 49.1. The molecular weight excluding hydrogens is 535 g/mol. The lowest BCUT2D eigenvalue weighted by Gasteiger charge is -2.36. The molecule has 0 radical (unpaired) electrons. The number of carbonyl (C=O) groups is 1. The van der Waals surface area contributed by atoms with Crippen LogP contribution in [0.4, 0.5) is 13.2 Å². The maximum absolute atomic E-state index is 14.6. The van der Waals surface area contributed by atoms with Crippen molar-refractivity contribution >= 4 is 38.9 Å². The first-order chi connectivity index (χ1) is 18.3. The third-order valence-corrected chi connectivity index (χ3v) is 8.70. The third-order valence-electron chi connectivity index (χ3n) is 7.02. The SMILES string of the molecule is COc1ccc(-c2ccncc2F)cc1CN(C(=O)c1sc2c(F)ccc(F)c2c1Cl)C1CCC(N)CC1. The zero-order chi connectivity index (χ0) is 27.0. The Labute approximate surface area is 227 Å². The third kappa shape index (κ3) is 4.98. The molecule has 2 aromatic heterocycles. The lowest BCUT2D eigenvalue weighted by atomic mass is 9.90. The van der Waals surface area contributed by atoms with Gasteiger partial charge in [-0.25, -0.2) is 13.2 Å². The van der Waals surface area contributed by atoms with E-state index in [1.54, 1.807) is 29.2 Å². The highest BCUT2D eigenvalue weighted by molar-refractivity contribution is 7.21. The molecule has 38 heavy (non-hydrogen) atoms. The number of amides is 1. The Bertz CT molecular complexity index is 1500. The molecule has 0 bridgehead atoms. The lowest BCUT2D eigenvalue weighted by molar-refractivity contribution is 0.0610. The molecule has 1 aliphatic rings. The van der Waals surface area contributed by atoms with E-state index in [9.17, 15) is 18.0 Å². The largest absolute Gasteiger partial charge is 0.496 e. The number of nitrogens with zero attached hydrogens (tertiary/aromatic N) is 2. The van der Waals surface area contributed by atoms with Crippen LogP contribution in [0.25, 0.3) is 21.2 Å². The highest BCUT2D eigenvalue weighted by atomic mass is 35.5. The summed E-state index contributed by atoms with van der Waals surface area (Å²) in [4.78, 5) is 19.6. The van der Waals surface area contributed by atoms with Crippen molar-refractivity contribution in [3.8, 4) is 16.9 Å². The van der Waals surface area contributed by atoms with Crippen LogP contribution in [0.1, 0.15) is 40.9 Å². The van der Waals surface area contributed by atoms with E-state index in [1.807, 2.05) is 0 Å². The zero-order valence-electron chi connectivity index (χ0n) is 20.5. The van der Waals surface area contributed by atoms with Gasteiger partial charge in [0.2, 0.25) is 0 Å². The van der Waals surface area contributed by atoms with Crippen LogP contribution in [-0.2, 0) is 6.54 Å². The van der Waals surface area contributed by atoms with Crippen LogP contribution in [0.15, 0.2) is 48.8 Å². The van der Waals surface area contributed by atoms with Crippen molar-refractivity contribution in [1.29, 1.82) is 0 Å². The molecule has 0 atom stereocenters. The quantitative estimate of drug-likeness (QED) is 0.277. The predicted molar refractivity (Wildman–Crippen MR) is 143 cm³/mol. The van der Waals surface area contributed by atoms with Crippen molar-refractivity contribution in [2.24, 2.45) is 5.73 Å². The Morgan fingerprint density at radius 3 is 2.53 bits per heavy atom. The van der Waals surface area contributed by atoms with Crippen molar-refractivity contribution in [1.82, 2.24) is 9.88 Å². The number of aromatic nitrogens is 1. The molecule has 1 saturated carbocycles. The second-order valence-corrected chi connectivity index (χ2v) is 10.8. The normalized spacial score (nSPS) is 17.5. The molecule has 4 aromatic rings. The van der Waals surface area contributed by atoms with E-state index in [0.717, 1.165) is 42.5 Å². The van der Waals surface area contributed by atoms with Crippen LogP contribution in [0.3, 0.4) is 0 Å². The Balaban J connectivity index is 1.58. The number of ether oxygens (including phenoxy) is 1. The molecule has 5 rings (SSSR count). The standard InChI is InChI=1S/C28H25ClF3N3O2S/c1-37-23-9-2-15(19-10-11-34-13-22(19)32)12-16(23)14-35(18-5-3-17(33)4-6-18)28(36)27-25(29)24-20(30)7-8-21(31)26(24)38-27/h2,7-13,17-18H,3-6,14,33H2,1H3. The number of nitrogens with two attached hydrogens (primary N) is 1. The van der Waals surface area contributed by atoms with Gasteiger partial charge >= 0.3 is 0 Å². The van der Waals surface area contributed by atoms with Gasteiger partial charge in [0, 0.05) is 36.0 Å². The van der Waals surface area contributed by atoms with E-state index < -0.39 is 23.4 Å². The second kappa shape index (κ2) is 10.9. The first-order valence-electron chi connectivity index (χ1n) is 12.2. The molecule has 5 nitrogen and oxygen atoms in total. The summed E-state index contributed by atoms with van der Waals surface area (Å²) in [6, 6.07) is 8.70. The van der Waals surface area contributed by atoms with Crippen LogP contribution < -0.4 is 10.5 Å². The molecule has 2 aromatic carbocycles.